The normalized spacial score (nSPS) is 10.8. The molecule has 0 unspecified atom stereocenters. The van der Waals surface area contributed by atoms with Crippen LogP contribution in [0, 0.1) is 0 Å². The largest absolute Gasteiger partial charge is 0.397 e. The monoisotopic (exact) mass is 330 g/mol. The molecule has 0 aliphatic heterocycles. The fourth-order valence-electron chi connectivity index (χ4n) is 2.66. The van der Waals surface area contributed by atoms with Crippen LogP contribution in [0.4, 0.5) is 5.69 Å². The first kappa shape index (κ1) is 14.6. The van der Waals surface area contributed by atoms with Gasteiger partial charge < -0.3 is 5.73 Å². The third-order valence-corrected chi connectivity index (χ3v) is 5.02. The summed E-state index contributed by atoms with van der Waals surface area (Å²) >= 11 is 1.35. The first-order valence-corrected chi connectivity index (χ1v) is 8.40. The molecule has 0 aliphatic carbocycles. The van der Waals surface area contributed by atoms with Crippen molar-refractivity contribution in [3.8, 4) is 11.3 Å². The third kappa shape index (κ3) is 2.47. The molecule has 0 atom stereocenters. The summed E-state index contributed by atoms with van der Waals surface area (Å²) < 4.78 is 0. The zero-order chi connectivity index (χ0) is 16.5. The van der Waals surface area contributed by atoms with Gasteiger partial charge in [0.25, 0.3) is 0 Å². The lowest BCUT2D eigenvalue weighted by molar-refractivity contribution is 0.104. The predicted octanol–water partition coefficient (Wildman–Crippen LogP) is 4.78. The zero-order valence-corrected chi connectivity index (χ0v) is 13.6. The minimum atomic E-state index is -0.0580. The molecule has 2 aromatic carbocycles. The highest BCUT2D eigenvalue weighted by Gasteiger charge is 2.18. The number of thiophene rings is 1. The Balaban J connectivity index is 1.82. The van der Waals surface area contributed by atoms with Crippen LogP contribution in [0.3, 0.4) is 0 Å². The maximum absolute atomic E-state index is 12.7. The van der Waals surface area contributed by atoms with E-state index in [1.807, 2.05) is 60.7 Å². The number of rotatable bonds is 3. The average Bonchev–Trinajstić information content (AvgIpc) is 2.99. The van der Waals surface area contributed by atoms with Gasteiger partial charge in [-0.15, -0.1) is 11.3 Å². The first-order chi connectivity index (χ1) is 11.7. The van der Waals surface area contributed by atoms with Crippen LogP contribution in [0.15, 0.2) is 72.8 Å². The van der Waals surface area contributed by atoms with Gasteiger partial charge in [0.15, 0.2) is 0 Å². The SMILES string of the molecule is Nc1c(C(=O)c2ccccc2)sc2nc(-c3ccccc3)ccc12. The van der Waals surface area contributed by atoms with Gasteiger partial charge in [-0.1, -0.05) is 60.7 Å². The van der Waals surface area contributed by atoms with Gasteiger partial charge in [0.05, 0.1) is 11.4 Å². The summed E-state index contributed by atoms with van der Waals surface area (Å²) in [5.41, 5.74) is 9.29. The van der Waals surface area contributed by atoms with Crippen molar-refractivity contribution >= 4 is 33.0 Å². The second kappa shape index (κ2) is 5.91. The van der Waals surface area contributed by atoms with Gasteiger partial charge in [0.2, 0.25) is 5.78 Å². The molecule has 4 rings (SSSR count). The van der Waals surface area contributed by atoms with E-state index in [1.54, 1.807) is 12.1 Å². The standard InChI is InChI=1S/C20H14N2OS/c21-17-15-11-12-16(13-7-3-1-4-8-13)22-20(15)24-19(17)18(23)14-9-5-2-6-10-14/h1-12H,21H2. The number of nitrogens with zero attached hydrogens (tertiary/aromatic N) is 1. The van der Waals surface area contributed by atoms with Crippen LogP contribution in [0.25, 0.3) is 21.5 Å². The Morgan fingerprint density at radius 2 is 1.54 bits per heavy atom. The number of pyridine rings is 1. The minimum absolute atomic E-state index is 0.0580. The maximum atomic E-state index is 12.7. The van der Waals surface area contributed by atoms with Crippen molar-refractivity contribution in [2.75, 3.05) is 5.73 Å². The molecule has 3 nitrogen and oxygen atoms in total. The summed E-state index contributed by atoms with van der Waals surface area (Å²) in [6.45, 7) is 0. The molecule has 24 heavy (non-hydrogen) atoms. The molecule has 0 aliphatic rings. The molecular weight excluding hydrogens is 316 g/mol. The van der Waals surface area contributed by atoms with Crippen molar-refractivity contribution in [2.45, 2.75) is 0 Å². The predicted molar refractivity (Wildman–Crippen MR) is 99.3 cm³/mol. The van der Waals surface area contributed by atoms with Crippen LogP contribution in [-0.4, -0.2) is 10.8 Å². The van der Waals surface area contributed by atoms with Gasteiger partial charge in [0.1, 0.15) is 9.71 Å². The Morgan fingerprint density at radius 1 is 0.875 bits per heavy atom. The molecule has 0 saturated carbocycles. The molecule has 0 bridgehead atoms. The number of nitrogen functional groups attached to an aromatic ring is 1. The highest BCUT2D eigenvalue weighted by Crippen LogP contribution is 2.35. The number of aromatic nitrogens is 1. The van der Waals surface area contributed by atoms with E-state index in [4.69, 9.17) is 5.73 Å². The van der Waals surface area contributed by atoms with Crippen LogP contribution in [0.2, 0.25) is 0 Å². The van der Waals surface area contributed by atoms with Gasteiger partial charge in [-0.05, 0) is 12.1 Å². The average molecular weight is 330 g/mol. The summed E-state index contributed by atoms with van der Waals surface area (Å²) in [6, 6.07) is 23.0. The zero-order valence-electron chi connectivity index (χ0n) is 12.8. The van der Waals surface area contributed by atoms with Crippen LogP contribution >= 0.6 is 11.3 Å². The van der Waals surface area contributed by atoms with Crippen molar-refractivity contribution in [3.05, 3.63) is 83.2 Å². The van der Waals surface area contributed by atoms with Crippen molar-refractivity contribution in [1.29, 1.82) is 0 Å². The minimum Gasteiger partial charge on any atom is -0.397 e. The van der Waals surface area contributed by atoms with Crippen molar-refractivity contribution < 1.29 is 4.79 Å². The van der Waals surface area contributed by atoms with E-state index >= 15 is 0 Å². The number of carbonyl (C=O) groups is 1. The van der Waals surface area contributed by atoms with E-state index in [1.165, 1.54) is 11.3 Å². The number of ketones is 1. The topological polar surface area (TPSA) is 56.0 Å². The number of hydrogen-bond acceptors (Lipinski definition) is 4. The maximum Gasteiger partial charge on any atom is 0.205 e. The van der Waals surface area contributed by atoms with Crippen LogP contribution < -0.4 is 5.73 Å². The Morgan fingerprint density at radius 3 is 2.25 bits per heavy atom. The van der Waals surface area contributed by atoms with E-state index in [0.717, 1.165) is 21.5 Å². The quantitative estimate of drug-likeness (QED) is 0.550. The molecule has 4 aromatic rings. The highest BCUT2D eigenvalue weighted by atomic mass is 32.1. The fraction of sp³-hybridized carbons (Fsp3) is 0. The number of benzene rings is 2. The number of fused-ring (bicyclic) bond motifs is 1. The lowest BCUT2D eigenvalue weighted by atomic mass is 10.1. The van der Waals surface area contributed by atoms with E-state index in [0.29, 0.717) is 16.1 Å². The summed E-state index contributed by atoms with van der Waals surface area (Å²) in [4.78, 5) is 18.7. The molecule has 2 heterocycles. The van der Waals surface area contributed by atoms with E-state index < -0.39 is 0 Å². The molecular formula is C20H14N2OS. The Hall–Kier alpha value is -2.98. The molecule has 0 fully saturated rings. The second-order valence-electron chi connectivity index (χ2n) is 5.46. The first-order valence-electron chi connectivity index (χ1n) is 7.58. The van der Waals surface area contributed by atoms with Crippen LogP contribution in [-0.2, 0) is 0 Å². The van der Waals surface area contributed by atoms with Gasteiger partial charge in [0, 0.05) is 16.5 Å². The highest BCUT2D eigenvalue weighted by molar-refractivity contribution is 7.21. The van der Waals surface area contributed by atoms with E-state index in [9.17, 15) is 4.79 Å². The van der Waals surface area contributed by atoms with E-state index in [2.05, 4.69) is 4.98 Å². The third-order valence-electron chi connectivity index (χ3n) is 3.91. The second-order valence-corrected chi connectivity index (χ2v) is 6.45. The summed E-state index contributed by atoms with van der Waals surface area (Å²) in [6.07, 6.45) is 0. The Bertz CT molecular complexity index is 1020. The molecule has 4 heteroatoms. The molecule has 0 spiro atoms. The van der Waals surface area contributed by atoms with Gasteiger partial charge in [-0.25, -0.2) is 4.98 Å². The summed E-state index contributed by atoms with van der Waals surface area (Å²) in [5.74, 6) is -0.0580. The van der Waals surface area contributed by atoms with Gasteiger partial charge in [-0.2, -0.15) is 0 Å². The number of hydrogen-bond donors (Lipinski definition) is 1. The van der Waals surface area contributed by atoms with Gasteiger partial charge in [-0.3, -0.25) is 4.79 Å². The smallest absolute Gasteiger partial charge is 0.205 e. The van der Waals surface area contributed by atoms with Crippen molar-refractivity contribution in [3.63, 3.8) is 0 Å². The molecule has 0 radical (unpaired) electrons. The summed E-state index contributed by atoms with van der Waals surface area (Å²) in [7, 11) is 0. The summed E-state index contributed by atoms with van der Waals surface area (Å²) in [5, 5.41) is 0.832. The Labute approximate surface area is 143 Å². The lowest BCUT2D eigenvalue weighted by Gasteiger charge is -2.00. The number of carbonyl (C=O) groups excluding carboxylic acids is 1. The lowest BCUT2D eigenvalue weighted by Crippen LogP contribution is -2.01. The molecule has 2 N–H and O–H groups in total. The number of nitrogens with two attached hydrogens (primary N) is 1. The van der Waals surface area contributed by atoms with Crippen LogP contribution in [0.1, 0.15) is 15.2 Å². The molecule has 116 valence electrons. The molecule has 0 saturated heterocycles. The molecule has 2 aromatic heterocycles. The number of anilines is 1. The Kier molecular flexibility index (Phi) is 3.59. The van der Waals surface area contributed by atoms with Crippen LogP contribution in [0.5, 0.6) is 0 Å². The van der Waals surface area contributed by atoms with Crippen molar-refractivity contribution in [1.82, 2.24) is 4.98 Å². The van der Waals surface area contributed by atoms with Gasteiger partial charge >= 0.3 is 0 Å². The molecule has 0 amide bonds. The van der Waals surface area contributed by atoms with E-state index in [-0.39, 0.29) is 5.78 Å². The van der Waals surface area contributed by atoms with Crippen molar-refractivity contribution in [2.24, 2.45) is 0 Å². The fourth-order valence-corrected chi connectivity index (χ4v) is 3.71.